The highest BCUT2D eigenvalue weighted by Crippen LogP contribution is 2.33. The first-order chi connectivity index (χ1) is 8.20. The van der Waals surface area contributed by atoms with Gasteiger partial charge in [-0.3, -0.25) is 10.1 Å². The van der Waals surface area contributed by atoms with Crippen molar-refractivity contribution in [2.24, 2.45) is 5.92 Å². The van der Waals surface area contributed by atoms with Crippen LogP contribution in [0.2, 0.25) is 0 Å². The average Bonchev–Trinajstić information content (AvgIpc) is 3.10. The topological polar surface area (TPSA) is 64.4 Å². The first-order valence-electron chi connectivity index (χ1n) is 5.75. The molecule has 92 valence electrons. The third-order valence-corrected chi connectivity index (χ3v) is 2.77. The SMILES string of the molecule is CNCc1ccc([N+](=O)[O-])c(OCC2CC2)c1. The van der Waals surface area contributed by atoms with E-state index in [4.69, 9.17) is 4.74 Å². The first kappa shape index (κ1) is 11.9. The molecule has 1 aliphatic rings. The van der Waals surface area contributed by atoms with Crippen molar-refractivity contribution >= 4 is 5.69 Å². The molecule has 17 heavy (non-hydrogen) atoms. The molecule has 0 unspecified atom stereocenters. The monoisotopic (exact) mass is 236 g/mol. The second-order valence-corrected chi connectivity index (χ2v) is 4.34. The predicted molar refractivity (Wildman–Crippen MR) is 64.1 cm³/mol. The Balaban J connectivity index is 2.15. The van der Waals surface area contributed by atoms with E-state index in [0.29, 0.717) is 24.8 Å². The molecule has 1 aromatic rings. The molecule has 1 fully saturated rings. The van der Waals surface area contributed by atoms with E-state index >= 15 is 0 Å². The van der Waals surface area contributed by atoms with Crippen LogP contribution in [0.1, 0.15) is 18.4 Å². The van der Waals surface area contributed by atoms with Gasteiger partial charge in [-0.15, -0.1) is 0 Å². The van der Waals surface area contributed by atoms with E-state index in [0.717, 1.165) is 5.56 Å². The molecule has 1 aromatic carbocycles. The Bertz CT molecular complexity index is 416. The molecule has 0 aromatic heterocycles. The maximum absolute atomic E-state index is 10.9. The zero-order valence-electron chi connectivity index (χ0n) is 9.81. The van der Waals surface area contributed by atoms with Crippen LogP contribution in [-0.2, 0) is 6.54 Å². The summed E-state index contributed by atoms with van der Waals surface area (Å²) in [5.74, 6) is 0.970. The van der Waals surface area contributed by atoms with Crippen molar-refractivity contribution in [1.82, 2.24) is 5.32 Å². The van der Waals surface area contributed by atoms with E-state index in [2.05, 4.69) is 5.32 Å². The Morgan fingerprint density at radius 2 is 2.29 bits per heavy atom. The van der Waals surface area contributed by atoms with E-state index in [9.17, 15) is 10.1 Å². The van der Waals surface area contributed by atoms with Gasteiger partial charge in [0.05, 0.1) is 11.5 Å². The van der Waals surface area contributed by atoms with Crippen LogP contribution in [-0.4, -0.2) is 18.6 Å². The highest BCUT2D eigenvalue weighted by molar-refractivity contribution is 5.48. The Morgan fingerprint density at radius 1 is 1.53 bits per heavy atom. The van der Waals surface area contributed by atoms with Crippen molar-refractivity contribution in [2.45, 2.75) is 19.4 Å². The van der Waals surface area contributed by atoms with Crippen LogP contribution < -0.4 is 10.1 Å². The maximum Gasteiger partial charge on any atom is 0.310 e. The lowest BCUT2D eigenvalue weighted by Gasteiger charge is -2.08. The molecule has 0 spiro atoms. The highest BCUT2D eigenvalue weighted by atomic mass is 16.6. The minimum atomic E-state index is -0.397. The molecule has 5 heteroatoms. The summed E-state index contributed by atoms with van der Waals surface area (Å²) in [6, 6.07) is 5.00. The third-order valence-electron chi connectivity index (χ3n) is 2.77. The number of nitro groups is 1. The Hall–Kier alpha value is -1.62. The van der Waals surface area contributed by atoms with Gasteiger partial charge in [0.25, 0.3) is 0 Å². The number of rotatable bonds is 6. The van der Waals surface area contributed by atoms with Crippen LogP contribution in [0.3, 0.4) is 0 Å². The molecule has 0 amide bonds. The second kappa shape index (κ2) is 5.14. The third kappa shape index (κ3) is 3.17. The number of benzene rings is 1. The molecule has 0 heterocycles. The number of ether oxygens (including phenoxy) is 1. The van der Waals surface area contributed by atoms with Crippen LogP contribution in [0.5, 0.6) is 5.75 Å². The Kier molecular flexibility index (Phi) is 3.58. The molecule has 5 nitrogen and oxygen atoms in total. The van der Waals surface area contributed by atoms with Gasteiger partial charge in [-0.2, -0.15) is 0 Å². The number of nitro benzene ring substituents is 1. The van der Waals surface area contributed by atoms with Crippen LogP contribution >= 0.6 is 0 Å². The van der Waals surface area contributed by atoms with Gasteiger partial charge in [-0.05, 0) is 37.4 Å². The van der Waals surface area contributed by atoms with Gasteiger partial charge in [-0.25, -0.2) is 0 Å². The molecule has 1 saturated carbocycles. The van der Waals surface area contributed by atoms with E-state index in [-0.39, 0.29) is 5.69 Å². The minimum Gasteiger partial charge on any atom is -0.487 e. The standard InChI is InChI=1S/C12H16N2O3/c1-13-7-10-4-5-11(14(15)16)12(6-10)17-8-9-2-3-9/h4-6,9,13H,2-3,7-8H2,1H3. The molecular weight excluding hydrogens is 220 g/mol. The van der Waals surface area contributed by atoms with Crippen LogP contribution in [0.4, 0.5) is 5.69 Å². The normalized spacial score (nSPS) is 14.6. The highest BCUT2D eigenvalue weighted by Gasteiger charge is 2.24. The van der Waals surface area contributed by atoms with E-state index in [1.165, 1.54) is 18.9 Å². The fourth-order valence-electron chi connectivity index (χ4n) is 1.63. The van der Waals surface area contributed by atoms with Gasteiger partial charge < -0.3 is 10.1 Å². The summed E-state index contributed by atoms with van der Waals surface area (Å²) in [4.78, 5) is 10.5. The largest absolute Gasteiger partial charge is 0.487 e. The lowest BCUT2D eigenvalue weighted by Crippen LogP contribution is -2.07. The summed E-state index contributed by atoms with van der Waals surface area (Å²) in [5.41, 5.74) is 1.04. The fourth-order valence-corrected chi connectivity index (χ4v) is 1.63. The Morgan fingerprint density at radius 3 is 2.88 bits per heavy atom. The van der Waals surface area contributed by atoms with Crippen molar-refractivity contribution in [1.29, 1.82) is 0 Å². The summed E-state index contributed by atoms with van der Waals surface area (Å²) >= 11 is 0. The van der Waals surface area contributed by atoms with Gasteiger partial charge in [0.1, 0.15) is 0 Å². The molecule has 1 N–H and O–H groups in total. The quantitative estimate of drug-likeness (QED) is 0.607. The van der Waals surface area contributed by atoms with E-state index < -0.39 is 4.92 Å². The lowest BCUT2D eigenvalue weighted by atomic mass is 10.2. The number of nitrogens with zero attached hydrogens (tertiary/aromatic N) is 1. The summed E-state index contributed by atoms with van der Waals surface area (Å²) in [6.45, 7) is 1.27. The second-order valence-electron chi connectivity index (χ2n) is 4.34. The zero-order chi connectivity index (χ0) is 12.3. The zero-order valence-corrected chi connectivity index (χ0v) is 9.81. The summed E-state index contributed by atoms with van der Waals surface area (Å²) in [5, 5.41) is 13.9. The van der Waals surface area contributed by atoms with Crippen molar-refractivity contribution in [2.75, 3.05) is 13.7 Å². The smallest absolute Gasteiger partial charge is 0.310 e. The molecule has 1 aliphatic carbocycles. The molecule has 0 atom stereocenters. The van der Waals surface area contributed by atoms with Gasteiger partial charge >= 0.3 is 5.69 Å². The van der Waals surface area contributed by atoms with Gasteiger partial charge in [0.15, 0.2) is 5.75 Å². The Labute approximate surface area is 99.9 Å². The van der Waals surface area contributed by atoms with Crippen LogP contribution in [0.15, 0.2) is 18.2 Å². The summed E-state index contributed by atoms with van der Waals surface area (Å²) in [6.07, 6.45) is 2.34. The van der Waals surface area contributed by atoms with Crippen LogP contribution in [0.25, 0.3) is 0 Å². The average molecular weight is 236 g/mol. The lowest BCUT2D eigenvalue weighted by molar-refractivity contribution is -0.385. The molecule has 0 aliphatic heterocycles. The molecular formula is C12H16N2O3. The molecule has 0 bridgehead atoms. The van der Waals surface area contributed by atoms with Crippen molar-refractivity contribution in [3.63, 3.8) is 0 Å². The van der Waals surface area contributed by atoms with Crippen LogP contribution in [0, 0.1) is 16.0 Å². The molecule has 0 radical (unpaired) electrons. The van der Waals surface area contributed by atoms with Crippen molar-refractivity contribution in [3.8, 4) is 5.75 Å². The van der Waals surface area contributed by atoms with Gasteiger partial charge in [-0.1, -0.05) is 6.07 Å². The first-order valence-corrected chi connectivity index (χ1v) is 5.75. The van der Waals surface area contributed by atoms with Crippen molar-refractivity contribution < 1.29 is 9.66 Å². The molecule has 0 saturated heterocycles. The summed E-state index contributed by atoms with van der Waals surface area (Å²) < 4.78 is 5.54. The minimum absolute atomic E-state index is 0.0468. The molecule has 2 rings (SSSR count). The summed E-state index contributed by atoms with van der Waals surface area (Å²) in [7, 11) is 1.84. The van der Waals surface area contributed by atoms with E-state index in [1.807, 2.05) is 7.05 Å². The number of hydrogen-bond acceptors (Lipinski definition) is 4. The number of nitrogens with one attached hydrogen (secondary N) is 1. The van der Waals surface area contributed by atoms with E-state index in [1.54, 1.807) is 12.1 Å². The van der Waals surface area contributed by atoms with Gasteiger partial charge in [0, 0.05) is 12.6 Å². The predicted octanol–water partition coefficient (Wildman–Crippen LogP) is 2.10. The van der Waals surface area contributed by atoms with Gasteiger partial charge in [0.2, 0.25) is 0 Å². The fraction of sp³-hybridized carbons (Fsp3) is 0.500. The maximum atomic E-state index is 10.9. The number of hydrogen-bond donors (Lipinski definition) is 1. The van der Waals surface area contributed by atoms with Crippen molar-refractivity contribution in [3.05, 3.63) is 33.9 Å².